The first kappa shape index (κ1) is 27.6. The molecule has 0 radical (unpaired) electrons. The van der Waals surface area contributed by atoms with Crippen molar-refractivity contribution in [1.82, 2.24) is 9.55 Å². The summed E-state index contributed by atoms with van der Waals surface area (Å²) in [6, 6.07) is 1.23. The van der Waals surface area contributed by atoms with Crippen molar-refractivity contribution >= 4 is 35.7 Å². The van der Waals surface area contributed by atoms with Gasteiger partial charge in [0, 0.05) is 18.3 Å². The number of phosphoric acid groups is 3. The van der Waals surface area contributed by atoms with Gasteiger partial charge >= 0.3 is 29.6 Å². The molecule has 2 rings (SSSR count). The molecule has 0 aromatic carbocycles. The molecule has 21 heteroatoms. The molecule has 184 valence electrons. The maximum absolute atomic E-state index is 15.0. The Balaban J connectivity index is 2.20. The van der Waals surface area contributed by atoms with Crippen molar-refractivity contribution in [3.63, 3.8) is 0 Å². The molecule has 1 saturated heterocycles. The van der Waals surface area contributed by atoms with E-state index in [1.54, 1.807) is 0 Å². The van der Waals surface area contributed by atoms with Crippen LogP contribution < -0.4 is 0 Å². The number of phosphoric ester groups is 1. The topological polar surface area (TPSA) is 187 Å². The molecule has 0 bridgehead atoms. The first-order valence-electron chi connectivity index (χ1n) is 8.00. The fourth-order valence-corrected chi connectivity index (χ4v) is 5.92. The number of ether oxygens (including phenoxy) is 1. The predicted molar refractivity (Wildman–Crippen MR) is 96.0 cm³/mol. The van der Waals surface area contributed by atoms with E-state index < -0.39 is 65.4 Å². The van der Waals surface area contributed by atoms with Gasteiger partial charge in [0.05, 0.1) is 12.7 Å². The lowest BCUT2D eigenvalue weighted by Gasteiger charge is -2.29. The molecule has 0 amide bonds. The number of aryl methyl sites for hydroxylation is 1. The van der Waals surface area contributed by atoms with Crippen LogP contribution >= 0.6 is 35.7 Å². The highest BCUT2D eigenvalue weighted by Crippen LogP contribution is 2.66. The van der Waals surface area contributed by atoms with E-state index in [0.717, 1.165) is 6.20 Å². The summed E-state index contributed by atoms with van der Waals surface area (Å²) in [6.45, 7) is 0.210. The zero-order valence-electron chi connectivity index (χ0n) is 15.5. The van der Waals surface area contributed by atoms with Crippen molar-refractivity contribution in [3.8, 4) is 0 Å². The van der Waals surface area contributed by atoms with Gasteiger partial charge in [0.15, 0.2) is 6.23 Å². The molecule has 1 aromatic rings. The van der Waals surface area contributed by atoms with Crippen LogP contribution in [0.5, 0.6) is 0 Å². The zero-order valence-corrected chi connectivity index (χ0v) is 19.0. The highest BCUT2D eigenvalue weighted by molar-refractivity contribution is 7.71. The number of alkyl halides is 4. The number of nitrogens with zero attached hydrogens (tertiary/aromatic N) is 2. The van der Waals surface area contributed by atoms with Crippen molar-refractivity contribution in [2.24, 2.45) is 0 Å². The van der Waals surface area contributed by atoms with Crippen LogP contribution in [0.2, 0.25) is 0 Å². The fourth-order valence-electron chi connectivity index (χ4n) is 2.57. The normalized spacial score (nSPS) is 28.3. The molecular formula is C11H15F4N2O11P3S. The molecule has 1 aromatic heterocycles. The summed E-state index contributed by atoms with van der Waals surface area (Å²) in [5.74, 6) is 0. The fraction of sp³-hybridized carbons (Fsp3) is 0.636. The summed E-state index contributed by atoms with van der Waals surface area (Å²) < 4.78 is 105. The molecule has 0 aliphatic carbocycles. The number of halogens is 4. The van der Waals surface area contributed by atoms with Gasteiger partial charge in [-0.25, -0.2) is 23.1 Å². The van der Waals surface area contributed by atoms with Crippen molar-refractivity contribution in [2.45, 2.75) is 37.5 Å². The standard InChI is InChI=1S/C11H15F4N2O11P3S/c1-6-2-3-17(9(32)16-6)8-10(12,11(13,14)15)4-7(26-8)5-25-30(21,22)28-31(23,24)27-29(18,19)20/h2-3,7-8H,4-5H2,1H3,(H,21,22)(H,23,24)(H2,18,19,20). The summed E-state index contributed by atoms with van der Waals surface area (Å²) in [5.41, 5.74) is -3.71. The third kappa shape index (κ3) is 6.95. The predicted octanol–water partition coefficient (Wildman–Crippen LogP) is 2.82. The average molecular weight is 552 g/mol. The highest BCUT2D eigenvalue weighted by atomic mass is 32.1. The smallest absolute Gasteiger partial charge is 0.348 e. The summed E-state index contributed by atoms with van der Waals surface area (Å²) in [6.07, 6.45) is -10.2. The van der Waals surface area contributed by atoms with Crippen molar-refractivity contribution in [1.29, 1.82) is 0 Å². The Kier molecular flexibility index (Phi) is 7.95. The van der Waals surface area contributed by atoms with Crippen LogP contribution in [0.4, 0.5) is 17.6 Å². The molecule has 1 fully saturated rings. The van der Waals surface area contributed by atoms with E-state index in [0.29, 0.717) is 10.3 Å². The van der Waals surface area contributed by atoms with Crippen molar-refractivity contribution < 1.29 is 68.7 Å². The van der Waals surface area contributed by atoms with Gasteiger partial charge in [-0.2, -0.15) is 21.8 Å². The minimum absolute atomic E-state index is 0.324. The van der Waals surface area contributed by atoms with E-state index in [9.17, 15) is 31.8 Å². The van der Waals surface area contributed by atoms with Crippen LogP contribution in [-0.2, 0) is 31.6 Å². The summed E-state index contributed by atoms with van der Waals surface area (Å²) >= 11 is 4.83. The zero-order chi connectivity index (χ0) is 24.8. The first-order valence-corrected chi connectivity index (χ1v) is 12.9. The summed E-state index contributed by atoms with van der Waals surface area (Å²) in [7, 11) is -17.1. The van der Waals surface area contributed by atoms with Crippen LogP contribution in [0.1, 0.15) is 18.3 Å². The Hall–Kier alpha value is -0.610. The van der Waals surface area contributed by atoms with E-state index in [1.165, 1.54) is 13.0 Å². The second kappa shape index (κ2) is 9.21. The Labute approximate surface area is 181 Å². The molecule has 5 unspecified atom stereocenters. The Morgan fingerprint density at radius 3 is 2.34 bits per heavy atom. The Morgan fingerprint density at radius 1 is 1.25 bits per heavy atom. The van der Waals surface area contributed by atoms with Crippen LogP contribution in [-0.4, -0.2) is 53.7 Å². The van der Waals surface area contributed by atoms with Gasteiger partial charge in [-0.05, 0) is 25.2 Å². The maximum Gasteiger partial charge on any atom is 0.490 e. The SMILES string of the molecule is Cc1ccn(C2OC(COP(=O)(O)OP(=O)(O)OP(=O)(O)O)CC2(F)C(F)(F)F)c(=S)n1. The van der Waals surface area contributed by atoms with Crippen molar-refractivity contribution in [2.75, 3.05) is 6.61 Å². The van der Waals surface area contributed by atoms with Crippen LogP contribution in [0.3, 0.4) is 0 Å². The molecule has 1 aliphatic rings. The molecule has 0 spiro atoms. The Bertz CT molecular complexity index is 1060. The first-order chi connectivity index (χ1) is 14.2. The molecule has 13 nitrogen and oxygen atoms in total. The lowest BCUT2D eigenvalue weighted by molar-refractivity contribution is -0.256. The van der Waals surface area contributed by atoms with Gasteiger partial charge in [0.2, 0.25) is 4.77 Å². The van der Waals surface area contributed by atoms with Crippen molar-refractivity contribution in [3.05, 3.63) is 22.7 Å². The lowest BCUT2D eigenvalue weighted by atomic mass is 9.99. The van der Waals surface area contributed by atoms with E-state index in [1.807, 2.05) is 0 Å². The van der Waals surface area contributed by atoms with Gasteiger partial charge in [-0.1, -0.05) is 0 Å². The molecule has 32 heavy (non-hydrogen) atoms. The van der Waals surface area contributed by atoms with Crippen LogP contribution in [0.25, 0.3) is 0 Å². The highest BCUT2D eigenvalue weighted by Gasteiger charge is 2.67. The number of rotatable bonds is 8. The third-order valence-electron chi connectivity index (χ3n) is 3.77. The molecule has 2 heterocycles. The van der Waals surface area contributed by atoms with Gasteiger partial charge in [-0.3, -0.25) is 9.09 Å². The minimum Gasteiger partial charge on any atom is -0.348 e. The minimum atomic E-state index is -5.84. The van der Waals surface area contributed by atoms with Gasteiger partial charge in [0.1, 0.15) is 0 Å². The second-order valence-corrected chi connectivity index (χ2v) is 11.1. The quantitative estimate of drug-likeness (QED) is 0.210. The molecule has 4 N–H and O–H groups in total. The van der Waals surface area contributed by atoms with Crippen LogP contribution in [0, 0.1) is 11.7 Å². The number of hydrogen-bond donors (Lipinski definition) is 4. The monoisotopic (exact) mass is 552 g/mol. The molecule has 1 aliphatic heterocycles. The Morgan fingerprint density at radius 2 is 1.84 bits per heavy atom. The third-order valence-corrected chi connectivity index (χ3v) is 7.87. The second-order valence-electron chi connectivity index (χ2n) is 6.32. The maximum atomic E-state index is 15.0. The summed E-state index contributed by atoms with van der Waals surface area (Å²) in [5, 5.41) is 0. The van der Waals surface area contributed by atoms with Gasteiger partial charge in [0.25, 0.3) is 5.67 Å². The van der Waals surface area contributed by atoms with E-state index >= 15 is 4.39 Å². The van der Waals surface area contributed by atoms with Gasteiger partial charge < -0.3 is 24.3 Å². The number of hydrogen-bond acceptors (Lipinski definition) is 9. The van der Waals surface area contributed by atoms with Gasteiger partial charge in [-0.15, -0.1) is 0 Å². The molecule has 5 atom stereocenters. The molecular weight excluding hydrogens is 537 g/mol. The molecule has 0 saturated carbocycles. The number of aromatic nitrogens is 2. The van der Waals surface area contributed by atoms with E-state index in [2.05, 4.69) is 18.1 Å². The van der Waals surface area contributed by atoms with E-state index in [4.69, 9.17) is 31.6 Å². The lowest BCUT2D eigenvalue weighted by Crippen LogP contribution is -2.45. The van der Waals surface area contributed by atoms with E-state index in [-0.39, 0.29) is 0 Å². The largest absolute Gasteiger partial charge is 0.490 e. The average Bonchev–Trinajstić information content (AvgIpc) is 2.87. The van der Waals surface area contributed by atoms with Crippen LogP contribution in [0.15, 0.2) is 12.3 Å². The summed E-state index contributed by atoms with van der Waals surface area (Å²) in [4.78, 5) is 39.1.